The largest absolute Gasteiger partial charge is 0.458 e. The Morgan fingerprint density at radius 1 is 1.50 bits per heavy atom. The van der Waals surface area contributed by atoms with E-state index in [1.807, 2.05) is 6.92 Å². The quantitative estimate of drug-likeness (QED) is 0.401. The van der Waals surface area contributed by atoms with Crippen molar-refractivity contribution >= 4 is 11.8 Å². The molecule has 0 rings (SSSR count). The monoisotopic (exact) mass is 231 g/mol. The Morgan fingerprint density at radius 2 is 2.07 bits per heavy atom. The first kappa shape index (κ1) is 13.5. The summed E-state index contributed by atoms with van der Waals surface area (Å²) in [5.41, 5.74) is 0. The maximum Gasteiger partial charge on any atom is 0.458 e. The Labute approximate surface area is 84.2 Å². The van der Waals surface area contributed by atoms with Crippen LogP contribution in [-0.2, 0) is 0 Å². The molecule has 0 aromatic rings. The predicted octanol–water partition coefficient (Wildman–Crippen LogP) is 2.73. The average Bonchev–Trinajstić information content (AvgIpc) is 2.01. The summed E-state index contributed by atoms with van der Waals surface area (Å²) in [4.78, 5) is 8.82. The summed E-state index contributed by atoms with van der Waals surface area (Å²) in [6.45, 7) is 1.91. The first-order valence-electron chi connectivity index (χ1n) is 4.17. The lowest BCUT2D eigenvalue weighted by Crippen LogP contribution is -2.38. The van der Waals surface area contributed by atoms with Gasteiger partial charge < -0.3 is 0 Å². The van der Waals surface area contributed by atoms with E-state index in [-0.39, 0.29) is 0 Å². The molecule has 0 spiro atoms. The van der Waals surface area contributed by atoms with Gasteiger partial charge in [0.2, 0.25) is 0 Å². The molecule has 1 atom stereocenters. The second-order valence-corrected chi connectivity index (χ2v) is 3.92. The number of hydrogen-bond donors (Lipinski definition) is 0. The lowest BCUT2D eigenvalue weighted by atomic mass is 10.3. The smallest absolute Gasteiger partial charge is 0.264 e. The third-order valence-corrected chi connectivity index (χ3v) is 2.68. The van der Waals surface area contributed by atoms with Crippen molar-refractivity contribution < 1.29 is 18.1 Å². The molecule has 1 unspecified atom stereocenters. The first-order valence-corrected chi connectivity index (χ1v) is 5.33. The van der Waals surface area contributed by atoms with Gasteiger partial charge in [0.1, 0.15) is 0 Å². The maximum absolute atomic E-state index is 12.0. The third kappa shape index (κ3) is 5.31. The highest BCUT2D eigenvalue weighted by atomic mass is 32.2. The Hall–Kier alpha value is -0.460. The van der Waals surface area contributed by atoms with Crippen molar-refractivity contribution in [2.45, 2.75) is 32.0 Å². The van der Waals surface area contributed by atoms with E-state index in [1.54, 1.807) is 0 Å². The van der Waals surface area contributed by atoms with E-state index < -0.39 is 22.9 Å². The van der Waals surface area contributed by atoms with E-state index in [1.165, 1.54) is 0 Å². The van der Waals surface area contributed by atoms with E-state index in [9.17, 15) is 23.3 Å². The number of hydrogen-bond acceptors (Lipinski definition) is 3. The van der Waals surface area contributed by atoms with Crippen molar-refractivity contribution in [1.82, 2.24) is 0 Å². The van der Waals surface area contributed by atoms with Gasteiger partial charge in [-0.15, -0.1) is 0 Å². The fourth-order valence-electron chi connectivity index (χ4n) is 0.716. The highest BCUT2D eigenvalue weighted by Crippen LogP contribution is 2.25. The molecule has 0 aromatic heterocycles. The van der Waals surface area contributed by atoms with Gasteiger partial charge in [-0.05, 0) is 12.2 Å². The molecule has 84 valence electrons. The molecule has 0 aliphatic heterocycles. The van der Waals surface area contributed by atoms with Crippen molar-refractivity contribution in [1.29, 1.82) is 0 Å². The highest BCUT2D eigenvalue weighted by molar-refractivity contribution is 7.99. The van der Waals surface area contributed by atoms with E-state index in [0.29, 0.717) is 5.75 Å². The van der Waals surface area contributed by atoms with Crippen molar-refractivity contribution in [2.24, 2.45) is 0 Å². The summed E-state index contributed by atoms with van der Waals surface area (Å²) in [7, 11) is 0. The van der Waals surface area contributed by atoms with Gasteiger partial charge in [0, 0.05) is 4.92 Å². The van der Waals surface area contributed by atoms with E-state index in [4.69, 9.17) is 0 Å². The molecule has 0 amide bonds. The van der Waals surface area contributed by atoms with Gasteiger partial charge in [-0.25, -0.2) is 0 Å². The van der Waals surface area contributed by atoms with Gasteiger partial charge in [-0.2, -0.15) is 24.9 Å². The van der Waals surface area contributed by atoms with Crippen LogP contribution in [0.2, 0.25) is 0 Å². The number of unbranched alkanes of at least 4 members (excludes halogenated alkanes) is 1. The number of rotatable bonds is 6. The Kier molecular flexibility index (Phi) is 5.90. The summed E-state index contributed by atoms with van der Waals surface area (Å²) < 4.78 is 36.1. The predicted molar refractivity (Wildman–Crippen MR) is 49.1 cm³/mol. The van der Waals surface area contributed by atoms with Crippen LogP contribution in [0.1, 0.15) is 19.8 Å². The van der Waals surface area contributed by atoms with Crippen LogP contribution in [0.3, 0.4) is 0 Å². The summed E-state index contributed by atoms with van der Waals surface area (Å²) in [6.07, 6.45) is -3.07. The fraction of sp³-hybridized carbons (Fsp3) is 1.00. The SMILES string of the molecule is CCCCSCC([N+](=O)[O-])C(F)(F)F. The summed E-state index contributed by atoms with van der Waals surface area (Å²) >= 11 is 0.979. The topological polar surface area (TPSA) is 43.1 Å². The van der Waals surface area contributed by atoms with Gasteiger partial charge in [-0.1, -0.05) is 13.3 Å². The fourth-order valence-corrected chi connectivity index (χ4v) is 1.91. The molecule has 0 bridgehead atoms. The van der Waals surface area contributed by atoms with Crippen molar-refractivity contribution in [3.05, 3.63) is 10.1 Å². The second-order valence-electron chi connectivity index (χ2n) is 2.77. The molecule has 0 saturated heterocycles. The van der Waals surface area contributed by atoms with Gasteiger partial charge >= 0.3 is 12.2 Å². The van der Waals surface area contributed by atoms with E-state index >= 15 is 0 Å². The van der Waals surface area contributed by atoms with Crippen molar-refractivity contribution in [3.63, 3.8) is 0 Å². The van der Waals surface area contributed by atoms with Crippen LogP contribution in [0, 0.1) is 10.1 Å². The van der Waals surface area contributed by atoms with Crippen LogP contribution < -0.4 is 0 Å². The molecular weight excluding hydrogens is 219 g/mol. The van der Waals surface area contributed by atoms with E-state index in [0.717, 1.165) is 24.6 Å². The van der Waals surface area contributed by atoms with E-state index in [2.05, 4.69) is 0 Å². The number of alkyl halides is 3. The number of thioether (sulfide) groups is 1. The van der Waals surface area contributed by atoms with Crippen LogP contribution in [0.4, 0.5) is 13.2 Å². The molecule has 0 aliphatic rings. The van der Waals surface area contributed by atoms with Gasteiger partial charge in [0.25, 0.3) is 0 Å². The van der Waals surface area contributed by atoms with Crippen molar-refractivity contribution in [2.75, 3.05) is 11.5 Å². The molecule has 0 aromatic carbocycles. The zero-order valence-corrected chi connectivity index (χ0v) is 8.53. The molecule has 0 saturated carbocycles. The minimum Gasteiger partial charge on any atom is -0.264 e. The zero-order valence-electron chi connectivity index (χ0n) is 7.71. The minimum absolute atomic E-state index is 0.490. The number of nitro groups is 1. The molecule has 0 N–H and O–H groups in total. The lowest BCUT2D eigenvalue weighted by Gasteiger charge is -2.11. The Balaban J connectivity index is 3.94. The molecule has 14 heavy (non-hydrogen) atoms. The normalized spacial score (nSPS) is 14.0. The van der Waals surface area contributed by atoms with Gasteiger partial charge in [0.15, 0.2) is 0 Å². The summed E-state index contributed by atoms with van der Waals surface area (Å²) in [5.74, 6) is 0.0490. The highest BCUT2D eigenvalue weighted by Gasteiger charge is 2.49. The maximum atomic E-state index is 12.0. The standard InChI is InChI=1S/C7H12F3NO2S/c1-2-3-4-14-5-6(11(12)13)7(8,9)10/h6H,2-5H2,1H3. The minimum atomic E-state index is -4.73. The van der Waals surface area contributed by atoms with Crippen LogP contribution >= 0.6 is 11.8 Å². The van der Waals surface area contributed by atoms with Crippen LogP contribution in [-0.4, -0.2) is 28.6 Å². The number of nitrogens with zero attached hydrogens (tertiary/aromatic N) is 1. The molecule has 0 fully saturated rings. The molecule has 3 nitrogen and oxygen atoms in total. The van der Waals surface area contributed by atoms with Crippen molar-refractivity contribution in [3.8, 4) is 0 Å². The van der Waals surface area contributed by atoms with Crippen LogP contribution in [0.25, 0.3) is 0 Å². The lowest BCUT2D eigenvalue weighted by molar-refractivity contribution is -0.556. The van der Waals surface area contributed by atoms with Crippen LogP contribution in [0.5, 0.6) is 0 Å². The number of halogens is 3. The molecular formula is C7H12F3NO2S. The summed E-state index contributed by atoms with van der Waals surface area (Å²) in [5, 5.41) is 10.1. The Morgan fingerprint density at radius 3 is 2.43 bits per heavy atom. The first-order chi connectivity index (χ1) is 6.39. The molecule has 0 heterocycles. The molecule has 7 heteroatoms. The van der Waals surface area contributed by atoms with Crippen LogP contribution in [0.15, 0.2) is 0 Å². The summed E-state index contributed by atoms with van der Waals surface area (Å²) in [6, 6.07) is -2.43. The molecule has 0 aliphatic carbocycles. The third-order valence-electron chi connectivity index (χ3n) is 1.55. The zero-order chi connectivity index (χ0) is 11.2. The second kappa shape index (κ2) is 6.10. The van der Waals surface area contributed by atoms with Gasteiger partial charge in [0.05, 0.1) is 5.75 Å². The Bertz CT molecular complexity index is 186. The van der Waals surface area contributed by atoms with Gasteiger partial charge in [-0.3, -0.25) is 10.1 Å². The average molecular weight is 231 g/mol. The molecule has 0 radical (unpaired) electrons.